The van der Waals surface area contributed by atoms with Crippen LogP contribution in [0.5, 0.6) is 0 Å². The minimum atomic E-state index is -1.37. The normalized spacial score (nSPS) is 9.74. The molecule has 0 aliphatic carbocycles. The van der Waals surface area contributed by atoms with Crippen molar-refractivity contribution >= 4 is 45.5 Å². The van der Waals surface area contributed by atoms with Gasteiger partial charge >= 0.3 is 11.9 Å². The molecular formula is C48H40N8O10Ru2S2-2. The second-order valence-electron chi connectivity index (χ2n) is 13.6. The Balaban J connectivity index is 0.000000342. The third-order valence-corrected chi connectivity index (χ3v) is 8.09. The first kappa shape index (κ1) is 58.8. The molecule has 8 aromatic rings. The molecule has 0 fully saturated rings. The molecule has 0 aliphatic rings. The number of carboxylic acids is 4. The van der Waals surface area contributed by atoms with E-state index >= 15 is 0 Å². The Morgan fingerprint density at radius 1 is 0.371 bits per heavy atom. The van der Waals surface area contributed by atoms with Gasteiger partial charge in [0.05, 0.1) is 68.9 Å². The van der Waals surface area contributed by atoms with E-state index in [0.717, 1.165) is 0 Å². The summed E-state index contributed by atoms with van der Waals surface area (Å²) in [6.45, 7) is 0. The molecule has 0 aromatic carbocycles. The Kier molecular flexibility index (Phi) is 25.3. The summed E-state index contributed by atoms with van der Waals surface area (Å²) in [5.74, 6) is -5.00. The van der Waals surface area contributed by atoms with Crippen LogP contribution >= 0.6 is 0 Å². The van der Waals surface area contributed by atoms with Gasteiger partial charge in [-0.1, -0.05) is 36.4 Å². The molecule has 0 spiro atoms. The Bertz CT molecular complexity index is 2690. The molecule has 22 heteroatoms. The zero-order valence-corrected chi connectivity index (χ0v) is 42.4. The molecule has 0 radical (unpaired) electrons. The zero-order valence-electron chi connectivity index (χ0n) is 37.3. The molecule has 8 aromatic heterocycles. The fourth-order valence-corrected chi connectivity index (χ4v) is 5.30. The number of aromatic nitrogens is 8. The summed E-state index contributed by atoms with van der Waals surface area (Å²) >= 11 is 0. The summed E-state index contributed by atoms with van der Waals surface area (Å²) in [5.41, 5.74) is 5.12. The molecule has 2 N–H and O–H groups in total. The van der Waals surface area contributed by atoms with Crippen molar-refractivity contribution < 1.29 is 87.0 Å². The van der Waals surface area contributed by atoms with Gasteiger partial charge in [0.1, 0.15) is 11.4 Å². The molecule has 70 heavy (non-hydrogen) atoms. The molecule has 0 unspecified atom stereocenters. The molecule has 0 saturated carbocycles. The SMILES string of the molecule is CS(C)=O.CS(C)=O.O=C([O-])c1cccc(-c2cccc(-c3cccc(C(=O)O)n3)n2)n1.O=C([O-])c1cccc(-c2cccc(-c3cccc(C(=O)O)n3)n2)n1.[Ru].[Ru].c1cc(-c2ccncc2)ccn1. The number of rotatable bonds is 9. The van der Waals surface area contributed by atoms with Crippen LogP contribution in [-0.4, -0.2) is 107 Å². The van der Waals surface area contributed by atoms with E-state index in [-0.39, 0.29) is 61.7 Å². The van der Waals surface area contributed by atoms with Crippen molar-refractivity contribution in [2.75, 3.05) is 25.0 Å². The summed E-state index contributed by atoms with van der Waals surface area (Å²) in [7, 11) is -1.22. The third-order valence-electron chi connectivity index (χ3n) is 8.09. The fraction of sp³-hybridized carbons (Fsp3) is 0.0833. The maximum atomic E-state index is 11.0. The van der Waals surface area contributed by atoms with Crippen molar-refractivity contribution in [2.45, 2.75) is 0 Å². The second-order valence-corrected chi connectivity index (χ2v) is 16.6. The predicted octanol–water partition coefficient (Wildman–Crippen LogP) is 4.66. The van der Waals surface area contributed by atoms with Gasteiger partial charge in [-0.25, -0.2) is 39.5 Å². The number of hydrogen-bond donors (Lipinski definition) is 2. The van der Waals surface area contributed by atoms with E-state index in [4.69, 9.17) is 10.2 Å². The van der Waals surface area contributed by atoms with Crippen LogP contribution in [0.3, 0.4) is 0 Å². The van der Waals surface area contributed by atoms with Gasteiger partial charge in [-0.05, 0) is 108 Å². The van der Waals surface area contributed by atoms with Crippen LogP contribution < -0.4 is 10.2 Å². The third kappa shape index (κ3) is 19.7. The quantitative estimate of drug-likeness (QED) is 0.186. The number of hydrogen-bond acceptors (Lipinski definition) is 16. The van der Waals surface area contributed by atoms with Crippen LogP contribution in [0.4, 0.5) is 0 Å². The minimum Gasteiger partial charge on any atom is -0.543 e. The Morgan fingerprint density at radius 2 is 0.571 bits per heavy atom. The van der Waals surface area contributed by atoms with Crippen LogP contribution in [0.25, 0.3) is 56.7 Å². The molecule has 0 atom stereocenters. The van der Waals surface area contributed by atoms with Crippen LogP contribution in [0.1, 0.15) is 42.0 Å². The van der Waals surface area contributed by atoms with Gasteiger partial charge in [-0.2, -0.15) is 0 Å². The molecule has 8 rings (SSSR count). The first-order chi connectivity index (χ1) is 32.5. The molecule has 0 amide bonds. The first-order valence-corrected chi connectivity index (χ1v) is 23.5. The fourth-order valence-electron chi connectivity index (χ4n) is 5.30. The second kappa shape index (κ2) is 30.2. The van der Waals surface area contributed by atoms with E-state index in [0.29, 0.717) is 45.6 Å². The largest absolute Gasteiger partial charge is 0.543 e. The van der Waals surface area contributed by atoms with E-state index in [2.05, 4.69) is 39.9 Å². The van der Waals surface area contributed by atoms with Gasteiger partial charge in [0.25, 0.3) is 0 Å². The average Bonchev–Trinajstić information content (AvgIpc) is 3.35. The summed E-state index contributed by atoms with van der Waals surface area (Å²) in [5, 5.41) is 39.9. The number of pyridine rings is 8. The van der Waals surface area contributed by atoms with Crippen molar-refractivity contribution in [3.63, 3.8) is 0 Å². The molecular weight excluding hydrogens is 1110 g/mol. The number of carbonyl (C=O) groups is 4. The predicted molar refractivity (Wildman–Crippen MR) is 251 cm³/mol. The van der Waals surface area contributed by atoms with Gasteiger partial charge < -0.3 is 30.0 Å². The average molecular weight is 1160 g/mol. The standard InChI is InChI=1S/2C17H11N3O4.C10H8N2.2C2H6OS.2Ru/c2*21-16(22)14-8-2-6-12(19-14)10-4-1-5-11(18-10)13-7-3-9-15(20-13)17(23)24;1-5-11-6-2-9(1)10-3-7-12-8-4-10;2*1-4(2)3;;/h2*1-9H,(H,21,22)(H,23,24);1-8H;2*1-2H3;;/p-2. The smallest absolute Gasteiger partial charge is 0.354 e. The molecule has 0 aliphatic heterocycles. The van der Waals surface area contributed by atoms with Crippen molar-refractivity contribution in [3.05, 3.63) is 181 Å². The maximum absolute atomic E-state index is 11.0. The van der Waals surface area contributed by atoms with Gasteiger partial charge in [0.2, 0.25) is 0 Å². The summed E-state index contributed by atoms with van der Waals surface area (Å²) < 4.78 is 19.1. The van der Waals surface area contributed by atoms with Gasteiger partial charge in [-0.15, -0.1) is 0 Å². The van der Waals surface area contributed by atoms with Crippen molar-refractivity contribution in [1.29, 1.82) is 0 Å². The van der Waals surface area contributed by atoms with E-state index in [1.807, 2.05) is 24.3 Å². The topological polar surface area (TPSA) is 292 Å². The monoisotopic (exact) mass is 1160 g/mol. The minimum absolute atomic E-state index is 0. The number of nitrogens with zero attached hydrogens (tertiary/aromatic N) is 8. The molecule has 8 heterocycles. The number of carboxylic acid groups (broad SMARTS) is 4. The van der Waals surface area contributed by atoms with Crippen molar-refractivity contribution in [2.24, 2.45) is 0 Å². The Labute approximate surface area is 432 Å². The molecule has 0 saturated heterocycles. The van der Waals surface area contributed by atoms with E-state index in [9.17, 15) is 37.8 Å². The van der Waals surface area contributed by atoms with Gasteiger partial charge in [0.15, 0.2) is 0 Å². The van der Waals surface area contributed by atoms with Crippen molar-refractivity contribution in [3.8, 4) is 56.7 Å². The summed E-state index contributed by atoms with van der Waals surface area (Å²) in [6, 6.07) is 36.3. The molecule has 18 nitrogen and oxygen atoms in total. The van der Waals surface area contributed by atoms with E-state index in [1.54, 1.807) is 135 Å². The Hall–Kier alpha value is -7.37. The van der Waals surface area contributed by atoms with Crippen LogP contribution in [-0.2, 0) is 60.6 Å². The molecule has 0 bridgehead atoms. The number of aromatic carboxylic acids is 4. The summed E-state index contributed by atoms with van der Waals surface area (Å²) in [4.78, 5) is 76.6. The van der Waals surface area contributed by atoms with Gasteiger partial charge in [-0.3, -0.25) is 18.4 Å². The van der Waals surface area contributed by atoms with Crippen LogP contribution in [0, 0.1) is 0 Å². The number of carbonyl (C=O) groups excluding carboxylic acids is 2. The van der Waals surface area contributed by atoms with E-state index in [1.165, 1.54) is 35.4 Å². The Morgan fingerprint density at radius 3 is 0.800 bits per heavy atom. The van der Waals surface area contributed by atoms with Crippen LogP contribution in [0.15, 0.2) is 158 Å². The van der Waals surface area contributed by atoms with Crippen LogP contribution in [0.2, 0.25) is 0 Å². The first-order valence-electron chi connectivity index (χ1n) is 19.6. The molecule has 362 valence electrons. The summed E-state index contributed by atoms with van der Waals surface area (Å²) in [6.07, 6.45) is 13.7. The maximum Gasteiger partial charge on any atom is 0.354 e. The zero-order chi connectivity index (χ0) is 49.6. The van der Waals surface area contributed by atoms with Gasteiger partial charge in [0, 0.05) is 110 Å². The van der Waals surface area contributed by atoms with E-state index < -0.39 is 45.5 Å². The van der Waals surface area contributed by atoms with Crippen molar-refractivity contribution in [1.82, 2.24) is 39.9 Å².